The van der Waals surface area contributed by atoms with Crippen LogP contribution < -0.4 is 4.74 Å². The second-order valence-corrected chi connectivity index (χ2v) is 5.65. The van der Waals surface area contributed by atoms with Crippen LogP contribution >= 0.6 is 0 Å². The van der Waals surface area contributed by atoms with Crippen molar-refractivity contribution in [3.05, 3.63) is 54.9 Å². The maximum Gasteiger partial charge on any atom is 0.276 e. The highest BCUT2D eigenvalue weighted by Crippen LogP contribution is 2.22. The highest BCUT2D eigenvalue weighted by molar-refractivity contribution is 5.93. The number of amides is 1. The van der Waals surface area contributed by atoms with Gasteiger partial charge in [0.15, 0.2) is 11.5 Å². The van der Waals surface area contributed by atoms with Crippen molar-refractivity contribution in [3.8, 4) is 17.2 Å². The van der Waals surface area contributed by atoms with E-state index in [4.69, 9.17) is 9.26 Å². The van der Waals surface area contributed by atoms with E-state index >= 15 is 0 Å². The van der Waals surface area contributed by atoms with Crippen LogP contribution in [0.1, 0.15) is 16.9 Å². The number of hydrogen-bond acceptors (Lipinski definition) is 7. The highest BCUT2D eigenvalue weighted by Gasteiger charge is 2.30. The summed E-state index contributed by atoms with van der Waals surface area (Å²) in [7, 11) is 0. The maximum atomic E-state index is 12.6. The fourth-order valence-electron chi connectivity index (χ4n) is 2.71. The van der Waals surface area contributed by atoms with Crippen molar-refractivity contribution in [2.75, 3.05) is 13.1 Å². The zero-order chi connectivity index (χ0) is 17.1. The fraction of sp³-hybridized carbons (Fsp3) is 0.235. The van der Waals surface area contributed by atoms with Crippen LogP contribution in [0.25, 0.3) is 11.3 Å². The molecule has 1 aliphatic rings. The van der Waals surface area contributed by atoms with E-state index in [1.807, 2.05) is 6.07 Å². The van der Waals surface area contributed by atoms with Gasteiger partial charge in [-0.25, -0.2) is 9.97 Å². The van der Waals surface area contributed by atoms with Gasteiger partial charge in [-0.2, -0.15) is 0 Å². The quantitative estimate of drug-likeness (QED) is 0.716. The molecule has 3 aromatic rings. The molecule has 0 bridgehead atoms. The largest absolute Gasteiger partial charge is 0.472 e. The fourth-order valence-corrected chi connectivity index (χ4v) is 2.71. The van der Waals surface area contributed by atoms with Gasteiger partial charge in [0.25, 0.3) is 5.91 Å². The number of carbonyl (C=O) groups is 1. The molecule has 1 aliphatic heterocycles. The lowest BCUT2D eigenvalue weighted by Gasteiger charge is -2.15. The Morgan fingerprint density at radius 1 is 1.28 bits per heavy atom. The van der Waals surface area contributed by atoms with Gasteiger partial charge in [0.1, 0.15) is 12.4 Å². The summed E-state index contributed by atoms with van der Waals surface area (Å²) in [4.78, 5) is 26.2. The third kappa shape index (κ3) is 3.32. The summed E-state index contributed by atoms with van der Waals surface area (Å²) in [5, 5.41) is 3.89. The van der Waals surface area contributed by atoms with E-state index in [0.717, 1.165) is 12.0 Å². The normalized spacial score (nSPS) is 16.8. The van der Waals surface area contributed by atoms with Gasteiger partial charge < -0.3 is 14.2 Å². The van der Waals surface area contributed by atoms with E-state index in [9.17, 15) is 4.79 Å². The third-order valence-corrected chi connectivity index (χ3v) is 3.95. The van der Waals surface area contributed by atoms with Gasteiger partial charge in [-0.3, -0.25) is 9.78 Å². The van der Waals surface area contributed by atoms with Crippen LogP contribution in [0, 0.1) is 0 Å². The molecule has 0 N–H and O–H groups in total. The number of rotatable bonds is 4. The molecule has 1 saturated heterocycles. The van der Waals surface area contributed by atoms with Crippen molar-refractivity contribution in [1.29, 1.82) is 0 Å². The molecule has 1 fully saturated rings. The number of pyridine rings is 1. The van der Waals surface area contributed by atoms with Crippen molar-refractivity contribution in [1.82, 2.24) is 25.0 Å². The molecule has 4 heterocycles. The Balaban J connectivity index is 1.41. The Morgan fingerprint density at radius 3 is 3.04 bits per heavy atom. The van der Waals surface area contributed by atoms with Gasteiger partial charge in [-0.1, -0.05) is 5.16 Å². The number of nitrogens with zero attached hydrogens (tertiary/aromatic N) is 5. The summed E-state index contributed by atoms with van der Waals surface area (Å²) >= 11 is 0. The van der Waals surface area contributed by atoms with Crippen LogP contribution in [0.2, 0.25) is 0 Å². The Hall–Kier alpha value is -3.29. The lowest BCUT2D eigenvalue weighted by Crippen LogP contribution is -2.31. The van der Waals surface area contributed by atoms with Crippen LogP contribution in [0.15, 0.2) is 53.7 Å². The first kappa shape index (κ1) is 15.3. The van der Waals surface area contributed by atoms with E-state index in [1.54, 1.807) is 41.7 Å². The average molecular weight is 337 g/mol. The molecule has 0 spiro atoms. The number of ether oxygens (including phenoxy) is 1. The molecule has 0 unspecified atom stereocenters. The maximum absolute atomic E-state index is 12.6. The van der Waals surface area contributed by atoms with E-state index in [2.05, 4.69) is 20.1 Å². The molecule has 25 heavy (non-hydrogen) atoms. The summed E-state index contributed by atoms with van der Waals surface area (Å²) in [6.07, 6.45) is 7.04. The number of hydrogen-bond donors (Lipinski definition) is 0. The average Bonchev–Trinajstić information content (AvgIpc) is 3.33. The number of aromatic nitrogens is 4. The second kappa shape index (κ2) is 6.68. The van der Waals surface area contributed by atoms with Gasteiger partial charge in [-0.05, 0) is 12.1 Å². The Labute approximate surface area is 143 Å². The molecule has 126 valence electrons. The van der Waals surface area contributed by atoms with Crippen molar-refractivity contribution in [2.45, 2.75) is 12.5 Å². The lowest BCUT2D eigenvalue weighted by atomic mass is 10.2. The summed E-state index contributed by atoms with van der Waals surface area (Å²) in [5.74, 6) is 0.853. The Kier molecular flexibility index (Phi) is 4.07. The standard InChI is InChI=1S/C17H15N5O3/c23-17(14-8-15(25-21-14)12-2-1-5-18-9-12)22-7-4-13(10-22)24-16-3-6-19-11-20-16/h1-3,5-6,8-9,11,13H,4,7,10H2/t13-/m1/s1. The first-order valence-corrected chi connectivity index (χ1v) is 7.88. The SMILES string of the molecule is O=C(c1cc(-c2cccnc2)on1)N1CC[C@@H](Oc2ccncn2)C1. The van der Waals surface area contributed by atoms with Crippen molar-refractivity contribution in [3.63, 3.8) is 0 Å². The third-order valence-electron chi connectivity index (χ3n) is 3.95. The van der Waals surface area contributed by atoms with E-state index in [1.165, 1.54) is 6.33 Å². The number of carbonyl (C=O) groups excluding carboxylic acids is 1. The van der Waals surface area contributed by atoms with Crippen LogP contribution in [0.5, 0.6) is 5.88 Å². The molecular formula is C17H15N5O3. The van der Waals surface area contributed by atoms with Gasteiger partial charge >= 0.3 is 0 Å². The zero-order valence-electron chi connectivity index (χ0n) is 13.3. The molecule has 1 amide bonds. The van der Waals surface area contributed by atoms with Crippen LogP contribution in [-0.4, -0.2) is 50.1 Å². The smallest absolute Gasteiger partial charge is 0.276 e. The number of likely N-dealkylation sites (tertiary alicyclic amines) is 1. The van der Waals surface area contributed by atoms with E-state index < -0.39 is 0 Å². The van der Waals surface area contributed by atoms with E-state index in [0.29, 0.717) is 24.7 Å². The van der Waals surface area contributed by atoms with E-state index in [-0.39, 0.29) is 17.7 Å². The van der Waals surface area contributed by atoms with Crippen LogP contribution in [0.4, 0.5) is 0 Å². The summed E-state index contributed by atoms with van der Waals surface area (Å²) in [6.45, 7) is 1.08. The molecule has 8 nitrogen and oxygen atoms in total. The minimum Gasteiger partial charge on any atom is -0.472 e. The molecule has 0 radical (unpaired) electrons. The Bertz CT molecular complexity index is 853. The molecule has 1 atom stereocenters. The monoisotopic (exact) mass is 337 g/mol. The molecule has 3 aromatic heterocycles. The Morgan fingerprint density at radius 2 is 2.24 bits per heavy atom. The van der Waals surface area contributed by atoms with Crippen molar-refractivity contribution < 1.29 is 14.1 Å². The second-order valence-electron chi connectivity index (χ2n) is 5.65. The summed E-state index contributed by atoms with van der Waals surface area (Å²) < 4.78 is 11.0. The summed E-state index contributed by atoms with van der Waals surface area (Å²) in [6, 6.07) is 6.98. The molecular weight excluding hydrogens is 322 g/mol. The molecule has 8 heteroatoms. The van der Waals surface area contributed by atoms with Crippen molar-refractivity contribution >= 4 is 5.91 Å². The minimum atomic E-state index is -0.173. The van der Waals surface area contributed by atoms with Gasteiger partial charge in [0.2, 0.25) is 5.88 Å². The van der Waals surface area contributed by atoms with Crippen molar-refractivity contribution in [2.24, 2.45) is 0 Å². The van der Waals surface area contributed by atoms with Crippen LogP contribution in [-0.2, 0) is 0 Å². The zero-order valence-corrected chi connectivity index (χ0v) is 13.3. The summed E-state index contributed by atoms with van der Waals surface area (Å²) in [5.41, 5.74) is 1.06. The first-order valence-electron chi connectivity index (χ1n) is 7.88. The minimum absolute atomic E-state index is 0.0939. The molecule has 0 aromatic carbocycles. The lowest BCUT2D eigenvalue weighted by molar-refractivity contribution is 0.0761. The van der Waals surface area contributed by atoms with Gasteiger partial charge in [-0.15, -0.1) is 0 Å². The van der Waals surface area contributed by atoms with Crippen LogP contribution in [0.3, 0.4) is 0 Å². The predicted molar refractivity (Wildman–Crippen MR) is 86.7 cm³/mol. The topological polar surface area (TPSA) is 94.2 Å². The first-order chi connectivity index (χ1) is 12.3. The molecule has 4 rings (SSSR count). The molecule has 0 saturated carbocycles. The molecule has 0 aliphatic carbocycles. The van der Waals surface area contributed by atoms with Gasteiger partial charge in [0.05, 0.1) is 6.54 Å². The van der Waals surface area contributed by atoms with Gasteiger partial charge in [0, 0.05) is 49.3 Å². The highest BCUT2D eigenvalue weighted by atomic mass is 16.5. The predicted octanol–water partition coefficient (Wildman–Crippen LogP) is 1.82.